The Morgan fingerprint density at radius 1 is 1.17 bits per heavy atom. The van der Waals surface area contributed by atoms with Crippen LogP contribution in [0.1, 0.15) is 45.1 Å². The molecule has 3 heterocycles. The maximum absolute atomic E-state index is 12.5. The van der Waals surface area contributed by atoms with Gasteiger partial charge in [-0.15, -0.1) is 0 Å². The van der Waals surface area contributed by atoms with Crippen LogP contribution >= 0.6 is 11.6 Å². The highest BCUT2D eigenvalue weighted by Crippen LogP contribution is 2.38. The lowest BCUT2D eigenvalue weighted by molar-refractivity contribution is -0.384. The van der Waals surface area contributed by atoms with E-state index in [1.165, 1.54) is 37.1 Å². The van der Waals surface area contributed by atoms with E-state index in [0.717, 1.165) is 29.3 Å². The lowest BCUT2D eigenvalue weighted by atomic mass is 9.89. The van der Waals surface area contributed by atoms with Crippen molar-refractivity contribution < 1.29 is 19.2 Å². The van der Waals surface area contributed by atoms with Crippen molar-refractivity contribution in [3.63, 3.8) is 0 Å². The Balaban J connectivity index is 1.39. The van der Waals surface area contributed by atoms with E-state index in [9.17, 15) is 14.9 Å². The normalized spacial score (nSPS) is 14.2. The molecule has 4 aromatic rings. The Hall–Kier alpha value is -4.38. The standard InChI is InChI=1S/C30H33ClN6O5/c1-30(2,3)42-29(38)36-12-10-18(11-13-36)19-6-8-21-22(17-35(4)25(21)14-19)27-23(31)16-32-28(34-27)33-24-15-20(37(39)40)7-9-26(24)41-5/h6-9,14-18H,10-13H2,1-5H3,(H,32,33,34). The van der Waals surface area contributed by atoms with Gasteiger partial charge in [0.1, 0.15) is 11.4 Å². The van der Waals surface area contributed by atoms with Gasteiger partial charge in [-0.3, -0.25) is 10.1 Å². The van der Waals surface area contributed by atoms with Gasteiger partial charge >= 0.3 is 6.09 Å². The van der Waals surface area contributed by atoms with Gasteiger partial charge in [0.15, 0.2) is 0 Å². The van der Waals surface area contributed by atoms with Gasteiger partial charge in [-0.25, -0.2) is 14.8 Å². The SMILES string of the molecule is COc1ccc([N+](=O)[O-])cc1Nc1ncc(Cl)c(-c2cn(C)c3cc(C4CCN(C(=O)OC(C)(C)C)CC4)ccc23)n1. The van der Waals surface area contributed by atoms with Gasteiger partial charge in [0.05, 0.1) is 34.6 Å². The highest BCUT2D eigenvalue weighted by Gasteiger charge is 2.28. The number of benzene rings is 2. The summed E-state index contributed by atoms with van der Waals surface area (Å²) in [4.78, 5) is 34.0. The van der Waals surface area contributed by atoms with Crippen molar-refractivity contribution in [3.8, 4) is 17.0 Å². The number of non-ortho nitro benzene ring substituents is 1. The number of hydrogen-bond donors (Lipinski definition) is 1. The highest BCUT2D eigenvalue weighted by molar-refractivity contribution is 6.33. The van der Waals surface area contributed by atoms with E-state index in [1.54, 1.807) is 4.90 Å². The number of nitro groups is 1. The molecule has 42 heavy (non-hydrogen) atoms. The summed E-state index contributed by atoms with van der Waals surface area (Å²) in [6.07, 6.45) is 4.93. The van der Waals surface area contributed by atoms with Crippen LogP contribution in [0.4, 0.5) is 22.1 Å². The molecular formula is C30H33ClN6O5. The number of carbonyl (C=O) groups excluding carboxylic acids is 1. The van der Waals surface area contributed by atoms with Crippen LogP contribution in [0.25, 0.3) is 22.2 Å². The molecule has 0 unspecified atom stereocenters. The first-order valence-corrected chi connectivity index (χ1v) is 14.0. The Bertz CT molecular complexity index is 1660. The number of rotatable bonds is 6. The molecule has 1 N–H and O–H groups in total. The van der Waals surface area contributed by atoms with E-state index >= 15 is 0 Å². The minimum absolute atomic E-state index is 0.0899. The Morgan fingerprint density at radius 2 is 1.90 bits per heavy atom. The Kier molecular flexibility index (Phi) is 7.96. The van der Waals surface area contributed by atoms with E-state index in [-0.39, 0.29) is 17.7 Å². The minimum Gasteiger partial charge on any atom is -0.495 e. The summed E-state index contributed by atoms with van der Waals surface area (Å²) >= 11 is 6.58. The number of ether oxygens (including phenoxy) is 2. The van der Waals surface area contributed by atoms with Gasteiger partial charge in [-0.05, 0) is 57.2 Å². The predicted octanol–water partition coefficient (Wildman–Crippen LogP) is 7.06. The molecule has 5 rings (SSSR count). The molecule has 1 aliphatic heterocycles. The van der Waals surface area contributed by atoms with Crippen LogP contribution in [0.15, 0.2) is 48.8 Å². The fourth-order valence-electron chi connectivity index (χ4n) is 5.21. The van der Waals surface area contributed by atoms with E-state index in [0.29, 0.717) is 41.2 Å². The second-order valence-corrected chi connectivity index (χ2v) is 11.7. The summed E-state index contributed by atoms with van der Waals surface area (Å²) in [5, 5.41) is 15.7. The number of halogens is 1. The largest absolute Gasteiger partial charge is 0.495 e. The number of nitro benzene ring substituents is 1. The number of fused-ring (bicyclic) bond motifs is 1. The second-order valence-electron chi connectivity index (χ2n) is 11.3. The molecule has 0 spiro atoms. The van der Waals surface area contributed by atoms with Crippen molar-refractivity contribution >= 4 is 45.9 Å². The van der Waals surface area contributed by atoms with Crippen LogP contribution in [0, 0.1) is 10.1 Å². The number of piperidine rings is 1. The van der Waals surface area contributed by atoms with Crippen LogP contribution in [-0.4, -0.2) is 56.3 Å². The third kappa shape index (κ3) is 6.11. The number of likely N-dealkylation sites (tertiary alicyclic amines) is 1. The Morgan fingerprint density at radius 3 is 2.57 bits per heavy atom. The fourth-order valence-corrected chi connectivity index (χ4v) is 5.40. The monoisotopic (exact) mass is 592 g/mol. The van der Waals surface area contributed by atoms with E-state index in [2.05, 4.69) is 33.5 Å². The number of carbonyl (C=O) groups is 1. The van der Waals surface area contributed by atoms with Gasteiger partial charge in [0, 0.05) is 54.9 Å². The highest BCUT2D eigenvalue weighted by atomic mass is 35.5. The molecule has 2 aromatic carbocycles. The van der Waals surface area contributed by atoms with Crippen LogP contribution in [0.5, 0.6) is 5.75 Å². The number of nitrogens with one attached hydrogen (secondary N) is 1. The van der Waals surface area contributed by atoms with Gasteiger partial charge in [-0.2, -0.15) is 0 Å². The second kappa shape index (κ2) is 11.5. The number of aryl methyl sites for hydroxylation is 1. The first-order chi connectivity index (χ1) is 19.9. The van der Waals surface area contributed by atoms with Gasteiger partial charge < -0.3 is 24.3 Å². The van der Waals surface area contributed by atoms with Crippen LogP contribution in [0.3, 0.4) is 0 Å². The number of hydrogen-bond acceptors (Lipinski definition) is 8. The van der Waals surface area contributed by atoms with Crippen LogP contribution in [0.2, 0.25) is 5.02 Å². The zero-order valence-electron chi connectivity index (χ0n) is 24.2. The summed E-state index contributed by atoms with van der Waals surface area (Å²) in [6.45, 7) is 6.93. The number of nitrogens with zero attached hydrogens (tertiary/aromatic N) is 5. The fraction of sp³-hybridized carbons (Fsp3) is 0.367. The number of aromatic nitrogens is 3. The molecule has 0 bridgehead atoms. The van der Waals surface area contributed by atoms with Crippen molar-refractivity contribution in [3.05, 3.63) is 69.5 Å². The Labute approximate surface area is 248 Å². The average molecular weight is 593 g/mol. The average Bonchev–Trinajstić information content (AvgIpc) is 3.28. The summed E-state index contributed by atoms with van der Waals surface area (Å²) < 4.78 is 12.9. The van der Waals surface area contributed by atoms with Crippen molar-refractivity contribution in [2.24, 2.45) is 7.05 Å². The minimum atomic E-state index is -0.512. The van der Waals surface area contributed by atoms with Crippen molar-refractivity contribution in [2.45, 2.75) is 45.1 Å². The van der Waals surface area contributed by atoms with Gasteiger partial charge in [-0.1, -0.05) is 23.7 Å². The predicted molar refractivity (Wildman–Crippen MR) is 162 cm³/mol. The third-order valence-electron chi connectivity index (χ3n) is 7.27. The van der Waals surface area contributed by atoms with Crippen molar-refractivity contribution in [1.29, 1.82) is 0 Å². The summed E-state index contributed by atoms with van der Waals surface area (Å²) in [5.74, 6) is 0.962. The molecule has 2 aromatic heterocycles. The molecular weight excluding hydrogens is 560 g/mol. The molecule has 12 heteroatoms. The molecule has 0 aliphatic carbocycles. The summed E-state index contributed by atoms with van der Waals surface area (Å²) in [6, 6.07) is 10.6. The molecule has 1 aliphatic rings. The lowest BCUT2D eigenvalue weighted by Crippen LogP contribution is -2.41. The first kappa shape index (κ1) is 29.1. The first-order valence-electron chi connectivity index (χ1n) is 13.6. The molecule has 1 amide bonds. The molecule has 220 valence electrons. The number of anilines is 2. The van der Waals surface area contributed by atoms with E-state index < -0.39 is 10.5 Å². The van der Waals surface area contributed by atoms with Gasteiger partial charge in [0.2, 0.25) is 5.95 Å². The van der Waals surface area contributed by atoms with Gasteiger partial charge in [0.25, 0.3) is 5.69 Å². The molecule has 1 saturated heterocycles. The zero-order valence-corrected chi connectivity index (χ0v) is 24.9. The molecule has 11 nitrogen and oxygen atoms in total. The van der Waals surface area contributed by atoms with Crippen molar-refractivity contribution in [1.82, 2.24) is 19.4 Å². The summed E-state index contributed by atoms with van der Waals surface area (Å²) in [7, 11) is 3.46. The smallest absolute Gasteiger partial charge is 0.410 e. The molecule has 1 fully saturated rings. The maximum atomic E-state index is 12.5. The lowest BCUT2D eigenvalue weighted by Gasteiger charge is -2.33. The quantitative estimate of drug-likeness (QED) is 0.186. The zero-order chi connectivity index (χ0) is 30.2. The van der Waals surface area contributed by atoms with Crippen molar-refractivity contribution in [2.75, 3.05) is 25.5 Å². The maximum Gasteiger partial charge on any atom is 0.410 e. The molecule has 0 radical (unpaired) electrons. The number of amides is 1. The van der Waals surface area contributed by atoms with Crippen LogP contribution in [-0.2, 0) is 11.8 Å². The molecule has 0 saturated carbocycles. The summed E-state index contributed by atoms with van der Waals surface area (Å²) in [5.41, 5.74) is 3.37. The van der Waals surface area contributed by atoms with Crippen LogP contribution < -0.4 is 10.1 Å². The topological polar surface area (TPSA) is 125 Å². The van der Waals surface area contributed by atoms with E-state index in [4.69, 9.17) is 21.1 Å². The van der Waals surface area contributed by atoms with E-state index in [1.807, 2.05) is 38.6 Å². The third-order valence-corrected chi connectivity index (χ3v) is 7.55. The number of methoxy groups -OCH3 is 1. The molecule has 0 atom stereocenters.